The smallest absolute Gasteiger partial charge is 0.416 e. The summed E-state index contributed by atoms with van der Waals surface area (Å²) >= 11 is 1.40. The Morgan fingerprint density at radius 3 is 2.53 bits per heavy atom. The molecule has 0 radical (unpaired) electrons. The van der Waals surface area contributed by atoms with Gasteiger partial charge in [-0.25, -0.2) is 4.98 Å². The van der Waals surface area contributed by atoms with Crippen molar-refractivity contribution in [1.82, 2.24) is 4.98 Å². The highest BCUT2D eigenvalue weighted by Gasteiger charge is 2.34. The van der Waals surface area contributed by atoms with E-state index in [4.69, 9.17) is 9.47 Å². The Morgan fingerprint density at radius 1 is 1.22 bits per heavy atom. The molecule has 2 atom stereocenters. The number of aryl methyl sites for hydroxylation is 2. The molecule has 190 valence electrons. The van der Waals surface area contributed by atoms with E-state index in [-0.39, 0.29) is 18.6 Å². The van der Waals surface area contributed by atoms with Crippen molar-refractivity contribution in [1.29, 1.82) is 0 Å². The Morgan fingerprint density at radius 2 is 1.92 bits per heavy atom. The van der Waals surface area contributed by atoms with Crippen LogP contribution in [0, 0.1) is 26.7 Å². The summed E-state index contributed by atoms with van der Waals surface area (Å²) in [5.74, 6) is 0.651. The maximum absolute atomic E-state index is 12.9. The third kappa shape index (κ3) is 4.97. The van der Waals surface area contributed by atoms with E-state index in [1.807, 2.05) is 26.8 Å². The zero-order valence-corrected chi connectivity index (χ0v) is 21.5. The highest BCUT2D eigenvalue weighted by molar-refractivity contribution is 7.15. The lowest BCUT2D eigenvalue weighted by atomic mass is 9.75. The van der Waals surface area contributed by atoms with Crippen LogP contribution in [0.3, 0.4) is 0 Å². The molecule has 3 aromatic rings. The molecule has 0 unspecified atom stereocenters. The van der Waals surface area contributed by atoms with Gasteiger partial charge in [-0.05, 0) is 79.6 Å². The van der Waals surface area contributed by atoms with Gasteiger partial charge in [-0.2, -0.15) is 13.2 Å². The molecule has 1 heterocycles. The molecule has 0 N–H and O–H groups in total. The van der Waals surface area contributed by atoms with Crippen molar-refractivity contribution in [3.63, 3.8) is 0 Å². The number of aromatic nitrogens is 1. The number of methoxy groups -OCH3 is 1. The summed E-state index contributed by atoms with van der Waals surface area (Å²) in [6.07, 6.45) is -2.19. The number of benzene rings is 2. The van der Waals surface area contributed by atoms with Crippen molar-refractivity contribution >= 4 is 17.6 Å². The van der Waals surface area contributed by atoms with E-state index in [9.17, 15) is 18.0 Å². The molecule has 0 amide bonds. The van der Waals surface area contributed by atoms with E-state index >= 15 is 0 Å². The third-order valence-electron chi connectivity index (χ3n) is 6.87. The molecule has 0 saturated heterocycles. The van der Waals surface area contributed by atoms with Crippen LogP contribution >= 0.6 is 11.3 Å². The van der Waals surface area contributed by atoms with Gasteiger partial charge in [-0.1, -0.05) is 18.7 Å². The van der Waals surface area contributed by atoms with Crippen LogP contribution in [0.25, 0.3) is 10.6 Å². The molecule has 1 aromatic heterocycles. The van der Waals surface area contributed by atoms with Gasteiger partial charge >= 0.3 is 6.18 Å². The molecule has 8 heteroatoms. The van der Waals surface area contributed by atoms with Crippen LogP contribution < -0.4 is 4.74 Å². The fraction of sp³-hybridized carbons (Fsp3) is 0.357. The van der Waals surface area contributed by atoms with E-state index in [0.717, 1.165) is 64.3 Å². The molecule has 0 aliphatic heterocycles. The maximum Gasteiger partial charge on any atom is 0.416 e. The van der Waals surface area contributed by atoms with Crippen LogP contribution in [0.5, 0.6) is 5.75 Å². The summed E-state index contributed by atoms with van der Waals surface area (Å²) in [7, 11) is 1.65. The minimum Gasteiger partial charge on any atom is -0.488 e. The van der Waals surface area contributed by atoms with Gasteiger partial charge in [0.2, 0.25) is 0 Å². The zero-order valence-electron chi connectivity index (χ0n) is 20.7. The lowest BCUT2D eigenvalue weighted by Gasteiger charge is -2.35. The molecule has 2 aromatic carbocycles. The van der Waals surface area contributed by atoms with E-state index in [1.165, 1.54) is 29.0 Å². The number of hydrogen-bond acceptors (Lipinski definition) is 5. The van der Waals surface area contributed by atoms with E-state index < -0.39 is 11.7 Å². The van der Waals surface area contributed by atoms with Gasteiger partial charge in [0.05, 0.1) is 22.2 Å². The SMILES string of the molecule is C=C(C=O)[C@@H]1CCc2c(C)cc(OCc3sc(-c4ccc(C(F)(F)F)cc4)nc3C)c(C)c2[C@@H]1OC. The molecule has 4 nitrogen and oxygen atoms in total. The normalized spacial score (nSPS) is 17.5. The molecule has 0 saturated carbocycles. The zero-order chi connectivity index (χ0) is 26.2. The summed E-state index contributed by atoms with van der Waals surface area (Å²) < 4.78 is 50.8. The average Bonchev–Trinajstić information content (AvgIpc) is 3.23. The maximum atomic E-state index is 12.9. The summed E-state index contributed by atoms with van der Waals surface area (Å²) in [5, 5.41) is 0.646. The standard InChI is InChI=1S/C28H28F3NO3S/c1-15-12-23(17(3)25-21(15)10-11-22(16(2)13-33)26(25)34-5)35-14-24-18(4)32-27(36-24)19-6-8-20(9-7-19)28(29,30)31/h6-9,12-13,22,26H,2,10-11,14H2,1,3-5H3/t22-,26+/m0/s1. The lowest BCUT2D eigenvalue weighted by Crippen LogP contribution is -2.26. The first-order valence-corrected chi connectivity index (χ1v) is 12.4. The fourth-order valence-corrected chi connectivity index (χ4v) is 5.84. The second-order valence-electron chi connectivity index (χ2n) is 9.09. The van der Waals surface area contributed by atoms with Gasteiger partial charge in [-0.15, -0.1) is 11.3 Å². The highest BCUT2D eigenvalue weighted by atomic mass is 32.1. The predicted octanol–water partition coefficient (Wildman–Crippen LogP) is 7.34. The van der Waals surface area contributed by atoms with Crippen molar-refractivity contribution in [2.24, 2.45) is 5.92 Å². The number of ether oxygens (including phenoxy) is 2. The van der Waals surface area contributed by atoms with Crippen molar-refractivity contribution < 1.29 is 27.4 Å². The van der Waals surface area contributed by atoms with Gasteiger partial charge in [0, 0.05) is 18.6 Å². The average molecular weight is 516 g/mol. The Hall–Kier alpha value is -2.97. The summed E-state index contributed by atoms with van der Waals surface area (Å²) in [4.78, 5) is 16.9. The van der Waals surface area contributed by atoms with Gasteiger partial charge in [0.25, 0.3) is 0 Å². The minimum atomic E-state index is -4.37. The van der Waals surface area contributed by atoms with E-state index in [2.05, 4.69) is 11.6 Å². The topological polar surface area (TPSA) is 48.4 Å². The van der Waals surface area contributed by atoms with Crippen molar-refractivity contribution in [2.45, 2.75) is 52.5 Å². The van der Waals surface area contributed by atoms with Crippen molar-refractivity contribution in [3.05, 3.63) is 80.9 Å². The third-order valence-corrected chi connectivity index (χ3v) is 8.05. The number of aldehydes is 1. The number of nitrogens with zero attached hydrogens (tertiary/aromatic N) is 1. The first-order valence-electron chi connectivity index (χ1n) is 11.6. The van der Waals surface area contributed by atoms with Gasteiger partial charge in [-0.3, -0.25) is 4.79 Å². The van der Waals surface area contributed by atoms with Crippen LogP contribution in [-0.2, 0) is 28.7 Å². The monoisotopic (exact) mass is 515 g/mol. The Balaban J connectivity index is 1.58. The van der Waals surface area contributed by atoms with Gasteiger partial charge < -0.3 is 9.47 Å². The quantitative estimate of drug-likeness (QED) is 0.244. The molecule has 36 heavy (non-hydrogen) atoms. The first-order chi connectivity index (χ1) is 17.0. The molecular weight excluding hydrogens is 487 g/mol. The van der Waals surface area contributed by atoms with E-state index in [1.54, 1.807) is 7.11 Å². The fourth-order valence-electron chi connectivity index (χ4n) is 4.86. The Bertz CT molecular complexity index is 1290. The minimum absolute atomic E-state index is 0.0802. The molecule has 0 bridgehead atoms. The van der Waals surface area contributed by atoms with Crippen LogP contribution in [0.15, 0.2) is 42.5 Å². The van der Waals surface area contributed by atoms with E-state index in [0.29, 0.717) is 16.1 Å². The number of carbonyl (C=O) groups is 1. The second-order valence-corrected chi connectivity index (χ2v) is 10.2. The number of hydrogen-bond donors (Lipinski definition) is 0. The predicted molar refractivity (Wildman–Crippen MR) is 134 cm³/mol. The summed E-state index contributed by atoms with van der Waals surface area (Å²) in [6.45, 7) is 10.1. The molecule has 0 spiro atoms. The molecule has 1 aliphatic carbocycles. The molecule has 1 aliphatic rings. The number of thiazole rings is 1. The highest BCUT2D eigenvalue weighted by Crippen LogP contribution is 2.45. The lowest BCUT2D eigenvalue weighted by molar-refractivity contribution is -0.137. The first kappa shape index (κ1) is 26.1. The number of alkyl halides is 3. The van der Waals surface area contributed by atoms with Gasteiger partial charge in [0.15, 0.2) is 0 Å². The number of halogens is 3. The van der Waals surface area contributed by atoms with Crippen LogP contribution in [0.1, 0.15) is 50.9 Å². The van der Waals surface area contributed by atoms with Crippen LogP contribution in [-0.4, -0.2) is 18.4 Å². The Labute approximate surface area is 212 Å². The molecule has 0 fully saturated rings. The number of carbonyl (C=O) groups excluding carboxylic acids is 1. The molecular formula is C28H28F3NO3S. The van der Waals surface area contributed by atoms with Crippen molar-refractivity contribution in [3.8, 4) is 16.3 Å². The van der Waals surface area contributed by atoms with Crippen LogP contribution in [0.4, 0.5) is 13.2 Å². The second kappa shape index (κ2) is 10.2. The largest absolute Gasteiger partial charge is 0.488 e. The van der Waals surface area contributed by atoms with Gasteiger partial charge in [0.1, 0.15) is 23.7 Å². The summed E-state index contributed by atoms with van der Waals surface area (Å²) in [5.41, 5.74) is 5.61. The summed E-state index contributed by atoms with van der Waals surface area (Å²) in [6, 6.07) is 7.05. The number of fused-ring (bicyclic) bond motifs is 1. The van der Waals surface area contributed by atoms with Crippen LogP contribution in [0.2, 0.25) is 0 Å². The molecule has 4 rings (SSSR count). The Kier molecular flexibility index (Phi) is 7.38. The van der Waals surface area contributed by atoms with Crippen molar-refractivity contribution in [2.75, 3.05) is 7.11 Å². The number of rotatable bonds is 7.